The van der Waals surface area contributed by atoms with Crippen molar-refractivity contribution >= 4 is 15.7 Å². The largest absolute Gasteiger partial charge is 0.354 e. The standard InChI is InChI=1S/C17H21N3O4S/c1-13(2)25(23,24)15-7-5-14(6-8-15)12-16(21)18-10-11-20-17(22)4-3-9-19-20/h3-9,13H,10-12H2,1-2H3,(H,18,21). The molecule has 7 nitrogen and oxygen atoms in total. The number of hydrogen-bond donors (Lipinski definition) is 1. The van der Waals surface area contributed by atoms with Crippen molar-refractivity contribution in [3.63, 3.8) is 0 Å². The normalized spacial score (nSPS) is 11.5. The Hall–Kier alpha value is -2.48. The van der Waals surface area contributed by atoms with Gasteiger partial charge in [0.2, 0.25) is 5.91 Å². The highest BCUT2D eigenvalue weighted by molar-refractivity contribution is 7.92. The van der Waals surface area contributed by atoms with Gasteiger partial charge in [0.15, 0.2) is 9.84 Å². The van der Waals surface area contributed by atoms with Crippen LogP contribution in [0.1, 0.15) is 19.4 Å². The Kier molecular flexibility index (Phi) is 6.08. The average Bonchev–Trinajstić information content (AvgIpc) is 2.57. The third-order valence-electron chi connectivity index (χ3n) is 3.67. The highest BCUT2D eigenvalue weighted by Crippen LogP contribution is 2.16. The molecule has 1 aromatic heterocycles. The van der Waals surface area contributed by atoms with Crippen LogP contribution in [0.15, 0.2) is 52.3 Å². The van der Waals surface area contributed by atoms with Gasteiger partial charge in [0.1, 0.15) is 0 Å². The SMILES string of the molecule is CC(C)S(=O)(=O)c1ccc(CC(=O)NCCn2ncccc2=O)cc1. The van der Waals surface area contributed by atoms with Gasteiger partial charge >= 0.3 is 0 Å². The molecule has 0 fully saturated rings. The molecule has 0 aliphatic carbocycles. The van der Waals surface area contributed by atoms with E-state index in [4.69, 9.17) is 0 Å². The second kappa shape index (κ2) is 8.06. The zero-order valence-corrected chi connectivity index (χ0v) is 15.0. The van der Waals surface area contributed by atoms with E-state index in [1.807, 2.05) is 0 Å². The molecule has 1 heterocycles. The number of sulfone groups is 1. The van der Waals surface area contributed by atoms with Gasteiger partial charge in [0.25, 0.3) is 5.56 Å². The molecule has 2 rings (SSSR count). The number of benzene rings is 1. The molecule has 1 aromatic carbocycles. The molecule has 0 radical (unpaired) electrons. The van der Waals surface area contributed by atoms with Crippen LogP contribution >= 0.6 is 0 Å². The van der Waals surface area contributed by atoms with E-state index in [1.165, 1.54) is 29.1 Å². The maximum Gasteiger partial charge on any atom is 0.266 e. The fourth-order valence-electron chi connectivity index (χ4n) is 2.17. The number of carbonyl (C=O) groups is 1. The van der Waals surface area contributed by atoms with Crippen LogP contribution in [0.2, 0.25) is 0 Å². The molecule has 0 aliphatic heterocycles. The topological polar surface area (TPSA) is 98.1 Å². The lowest BCUT2D eigenvalue weighted by Crippen LogP contribution is -2.32. The maximum atomic E-state index is 12.1. The maximum absolute atomic E-state index is 12.1. The average molecular weight is 363 g/mol. The Bertz CT molecular complexity index is 887. The van der Waals surface area contributed by atoms with E-state index >= 15 is 0 Å². The number of carbonyl (C=O) groups excluding carboxylic acids is 1. The summed E-state index contributed by atoms with van der Waals surface area (Å²) in [5, 5.41) is 6.13. The van der Waals surface area contributed by atoms with Crippen molar-refractivity contribution in [1.82, 2.24) is 15.1 Å². The smallest absolute Gasteiger partial charge is 0.266 e. The van der Waals surface area contributed by atoms with Gasteiger partial charge in [0, 0.05) is 18.8 Å². The summed E-state index contributed by atoms with van der Waals surface area (Å²) in [5.41, 5.74) is 0.494. The molecule has 134 valence electrons. The highest BCUT2D eigenvalue weighted by Gasteiger charge is 2.18. The van der Waals surface area contributed by atoms with Crippen LogP contribution in [0, 0.1) is 0 Å². The Labute approximate surface area is 146 Å². The van der Waals surface area contributed by atoms with Gasteiger partial charge in [0.05, 0.1) is 23.1 Å². The number of nitrogens with zero attached hydrogens (tertiary/aromatic N) is 2. The number of rotatable bonds is 7. The molecule has 2 aromatic rings. The van der Waals surface area contributed by atoms with Gasteiger partial charge in [-0.25, -0.2) is 13.1 Å². The van der Waals surface area contributed by atoms with E-state index in [1.54, 1.807) is 32.0 Å². The summed E-state index contributed by atoms with van der Waals surface area (Å²) in [7, 11) is -3.31. The van der Waals surface area contributed by atoms with Crippen LogP contribution in [-0.2, 0) is 27.6 Å². The van der Waals surface area contributed by atoms with Crippen LogP contribution in [0.5, 0.6) is 0 Å². The Balaban J connectivity index is 1.89. The minimum Gasteiger partial charge on any atom is -0.354 e. The molecule has 25 heavy (non-hydrogen) atoms. The molecule has 8 heteroatoms. The third-order valence-corrected chi connectivity index (χ3v) is 5.84. The van der Waals surface area contributed by atoms with E-state index in [0.29, 0.717) is 0 Å². The summed E-state index contributed by atoms with van der Waals surface area (Å²) in [6.07, 6.45) is 1.65. The van der Waals surface area contributed by atoms with Crippen LogP contribution in [-0.4, -0.2) is 35.9 Å². The molecule has 0 unspecified atom stereocenters. The van der Waals surface area contributed by atoms with Gasteiger partial charge < -0.3 is 5.32 Å². The van der Waals surface area contributed by atoms with E-state index in [-0.39, 0.29) is 35.9 Å². The monoisotopic (exact) mass is 363 g/mol. The molecule has 0 saturated carbocycles. The zero-order valence-electron chi connectivity index (χ0n) is 14.2. The minimum atomic E-state index is -3.31. The van der Waals surface area contributed by atoms with Gasteiger partial charge in [-0.2, -0.15) is 5.10 Å². The third kappa shape index (κ3) is 4.99. The lowest BCUT2D eigenvalue weighted by atomic mass is 10.1. The van der Waals surface area contributed by atoms with Crippen molar-refractivity contribution in [3.05, 3.63) is 58.5 Å². The van der Waals surface area contributed by atoms with Gasteiger partial charge in [-0.3, -0.25) is 9.59 Å². The van der Waals surface area contributed by atoms with E-state index < -0.39 is 15.1 Å². The molecule has 0 saturated heterocycles. The number of nitrogens with one attached hydrogen (secondary N) is 1. The summed E-state index contributed by atoms with van der Waals surface area (Å²) < 4.78 is 25.4. The van der Waals surface area contributed by atoms with E-state index in [2.05, 4.69) is 10.4 Å². The zero-order chi connectivity index (χ0) is 18.4. The molecule has 0 atom stereocenters. The predicted molar refractivity (Wildman–Crippen MR) is 94.0 cm³/mol. The molecule has 1 amide bonds. The second-order valence-electron chi connectivity index (χ2n) is 5.85. The number of amides is 1. The van der Waals surface area contributed by atoms with Crippen molar-refractivity contribution in [2.45, 2.75) is 37.0 Å². The lowest BCUT2D eigenvalue weighted by Gasteiger charge is -2.09. The van der Waals surface area contributed by atoms with E-state index in [9.17, 15) is 18.0 Å². The highest BCUT2D eigenvalue weighted by atomic mass is 32.2. The fourth-order valence-corrected chi connectivity index (χ4v) is 3.23. The van der Waals surface area contributed by atoms with Gasteiger partial charge in [-0.05, 0) is 37.6 Å². The Morgan fingerprint density at radius 2 is 1.88 bits per heavy atom. The van der Waals surface area contributed by atoms with Gasteiger partial charge in [-0.1, -0.05) is 12.1 Å². The van der Waals surface area contributed by atoms with E-state index in [0.717, 1.165) is 5.56 Å². The van der Waals surface area contributed by atoms with Crippen LogP contribution in [0.25, 0.3) is 0 Å². The summed E-state index contributed by atoms with van der Waals surface area (Å²) in [6, 6.07) is 9.27. The molecule has 0 bridgehead atoms. The molecular weight excluding hydrogens is 342 g/mol. The number of hydrogen-bond acceptors (Lipinski definition) is 5. The van der Waals surface area contributed by atoms with Crippen molar-refractivity contribution in [3.8, 4) is 0 Å². The summed E-state index contributed by atoms with van der Waals surface area (Å²) in [6.45, 7) is 3.83. The first-order valence-electron chi connectivity index (χ1n) is 7.92. The van der Waals surface area contributed by atoms with Crippen LogP contribution < -0.4 is 10.9 Å². The van der Waals surface area contributed by atoms with Gasteiger partial charge in [-0.15, -0.1) is 0 Å². The minimum absolute atomic E-state index is 0.138. The lowest BCUT2D eigenvalue weighted by molar-refractivity contribution is -0.120. The Morgan fingerprint density at radius 1 is 1.20 bits per heavy atom. The fraction of sp³-hybridized carbons (Fsp3) is 0.353. The van der Waals surface area contributed by atoms with Crippen LogP contribution in [0.4, 0.5) is 0 Å². The van der Waals surface area contributed by atoms with Crippen molar-refractivity contribution in [1.29, 1.82) is 0 Å². The number of aromatic nitrogens is 2. The molecule has 1 N–H and O–H groups in total. The first-order valence-corrected chi connectivity index (χ1v) is 9.47. The van der Waals surface area contributed by atoms with Crippen molar-refractivity contribution in [2.24, 2.45) is 0 Å². The van der Waals surface area contributed by atoms with Crippen LogP contribution in [0.3, 0.4) is 0 Å². The Morgan fingerprint density at radius 3 is 2.48 bits per heavy atom. The summed E-state index contributed by atoms with van der Waals surface area (Å²) in [5.74, 6) is -0.205. The summed E-state index contributed by atoms with van der Waals surface area (Å²) >= 11 is 0. The van der Waals surface area contributed by atoms with Crippen molar-refractivity contribution < 1.29 is 13.2 Å². The molecular formula is C17H21N3O4S. The first kappa shape index (κ1) is 18.9. The predicted octanol–water partition coefficient (Wildman–Crippen LogP) is 0.784. The first-order chi connectivity index (χ1) is 11.8. The molecule has 0 spiro atoms. The summed E-state index contributed by atoms with van der Waals surface area (Å²) in [4.78, 5) is 23.7. The second-order valence-corrected chi connectivity index (χ2v) is 8.35. The van der Waals surface area contributed by atoms with Crippen molar-refractivity contribution in [2.75, 3.05) is 6.54 Å². The molecule has 0 aliphatic rings. The quantitative estimate of drug-likeness (QED) is 0.784.